The van der Waals surface area contributed by atoms with Gasteiger partial charge in [-0.2, -0.15) is 0 Å². The standard InChI is InChI=1S/C10H16N2O/c1-9(11-7-4-8-13)10-5-2-3-6-12-10/h2-3,5-6,9,11,13H,4,7-8H2,1H3. The lowest BCUT2D eigenvalue weighted by Gasteiger charge is -2.11. The summed E-state index contributed by atoms with van der Waals surface area (Å²) in [6, 6.07) is 6.14. The molecule has 0 fully saturated rings. The summed E-state index contributed by atoms with van der Waals surface area (Å²) >= 11 is 0. The number of nitrogens with zero attached hydrogens (tertiary/aromatic N) is 1. The molecular weight excluding hydrogens is 164 g/mol. The van der Waals surface area contributed by atoms with E-state index in [0.717, 1.165) is 18.7 Å². The molecule has 72 valence electrons. The molecule has 1 atom stereocenters. The highest BCUT2D eigenvalue weighted by molar-refractivity contribution is 5.07. The number of nitrogens with one attached hydrogen (secondary N) is 1. The summed E-state index contributed by atoms with van der Waals surface area (Å²) < 4.78 is 0. The maximum atomic E-state index is 8.59. The minimum absolute atomic E-state index is 0.238. The van der Waals surface area contributed by atoms with Crippen LogP contribution in [0, 0.1) is 0 Å². The molecule has 0 aliphatic carbocycles. The second kappa shape index (κ2) is 5.67. The van der Waals surface area contributed by atoms with Gasteiger partial charge in [0.15, 0.2) is 0 Å². The van der Waals surface area contributed by atoms with Crippen LogP contribution in [0.3, 0.4) is 0 Å². The van der Waals surface area contributed by atoms with Crippen molar-refractivity contribution in [2.45, 2.75) is 19.4 Å². The van der Waals surface area contributed by atoms with Gasteiger partial charge in [0.1, 0.15) is 0 Å². The molecule has 0 aromatic carbocycles. The van der Waals surface area contributed by atoms with Crippen LogP contribution in [0.2, 0.25) is 0 Å². The van der Waals surface area contributed by atoms with Gasteiger partial charge in [-0.15, -0.1) is 0 Å². The topological polar surface area (TPSA) is 45.1 Å². The molecular formula is C10H16N2O. The molecule has 1 aromatic heterocycles. The van der Waals surface area contributed by atoms with Crippen LogP contribution < -0.4 is 5.32 Å². The van der Waals surface area contributed by atoms with Gasteiger partial charge in [0.05, 0.1) is 5.69 Å². The largest absolute Gasteiger partial charge is 0.396 e. The molecule has 0 amide bonds. The molecule has 1 heterocycles. The van der Waals surface area contributed by atoms with E-state index in [0.29, 0.717) is 0 Å². The van der Waals surface area contributed by atoms with Gasteiger partial charge in [-0.3, -0.25) is 4.98 Å². The second-order valence-electron chi connectivity index (χ2n) is 3.01. The molecule has 0 spiro atoms. The van der Waals surface area contributed by atoms with Crippen LogP contribution in [-0.4, -0.2) is 23.2 Å². The molecule has 0 radical (unpaired) electrons. The molecule has 0 saturated heterocycles. The first-order chi connectivity index (χ1) is 6.34. The molecule has 2 N–H and O–H groups in total. The van der Waals surface area contributed by atoms with Crippen molar-refractivity contribution < 1.29 is 5.11 Å². The summed E-state index contributed by atoms with van der Waals surface area (Å²) in [5, 5.41) is 11.9. The van der Waals surface area contributed by atoms with Crippen LogP contribution >= 0.6 is 0 Å². The van der Waals surface area contributed by atoms with Crippen LogP contribution in [0.4, 0.5) is 0 Å². The van der Waals surface area contributed by atoms with E-state index in [4.69, 9.17) is 5.11 Å². The van der Waals surface area contributed by atoms with Crippen LogP contribution in [0.1, 0.15) is 25.1 Å². The Morgan fingerprint density at radius 1 is 1.54 bits per heavy atom. The lowest BCUT2D eigenvalue weighted by molar-refractivity contribution is 0.283. The van der Waals surface area contributed by atoms with Gasteiger partial charge in [0, 0.05) is 18.8 Å². The average molecular weight is 180 g/mol. The van der Waals surface area contributed by atoms with Crippen LogP contribution in [0.25, 0.3) is 0 Å². The van der Waals surface area contributed by atoms with E-state index < -0.39 is 0 Å². The summed E-state index contributed by atoms with van der Waals surface area (Å²) in [5.74, 6) is 0. The Balaban J connectivity index is 2.35. The predicted molar refractivity (Wildman–Crippen MR) is 52.4 cm³/mol. The molecule has 1 aromatic rings. The lowest BCUT2D eigenvalue weighted by Crippen LogP contribution is -2.21. The third-order valence-electron chi connectivity index (χ3n) is 1.92. The monoisotopic (exact) mass is 180 g/mol. The number of rotatable bonds is 5. The molecule has 0 bridgehead atoms. The summed E-state index contributed by atoms with van der Waals surface area (Å²) in [4.78, 5) is 4.23. The minimum atomic E-state index is 0.238. The van der Waals surface area contributed by atoms with Crippen molar-refractivity contribution in [1.82, 2.24) is 10.3 Å². The number of aliphatic hydroxyl groups is 1. The van der Waals surface area contributed by atoms with E-state index >= 15 is 0 Å². The number of aromatic nitrogens is 1. The Bertz CT molecular complexity index is 226. The van der Waals surface area contributed by atoms with Crippen molar-refractivity contribution in [3.63, 3.8) is 0 Å². The first-order valence-electron chi connectivity index (χ1n) is 4.59. The van der Waals surface area contributed by atoms with Crippen LogP contribution in [0.5, 0.6) is 0 Å². The minimum Gasteiger partial charge on any atom is -0.396 e. The Labute approximate surface area is 78.8 Å². The average Bonchev–Trinajstić information content (AvgIpc) is 2.19. The Morgan fingerprint density at radius 3 is 3.00 bits per heavy atom. The fourth-order valence-electron chi connectivity index (χ4n) is 1.13. The zero-order valence-corrected chi connectivity index (χ0v) is 7.90. The van der Waals surface area contributed by atoms with Gasteiger partial charge < -0.3 is 10.4 Å². The van der Waals surface area contributed by atoms with E-state index in [9.17, 15) is 0 Å². The molecule has 0 saturated carbocycles. The lowest BCUT2D eigenvalue weighted by atomic mass is 10.2. The van der Waals surface area contributed by atoms with Gasteiger partial charge >= 0.3 is 0 Å². The molecule has 0 aliphatic heterocycles. The summed E-state index contributed by atoms with van der Waals surface area (Å²) in [6.07, 6.45) is 2.58. The van der Waals surface area contributed by atoms with Crippen molar-refractivity contribution >= 4 is 0 Å². The second-order valence-corrected chi connectivity index (χ2v) is 3.01. The van der Waals surface area contributed by atoms with E-state index in [2.05, 4.69) is 17.2 Å². The Hall–Kier alpha value is -0.930. The van der Waals surface area contributed by atoms with Crippen molar-refractivity contribution in [2.24, 2.45) is 0 Å². The smallest absolute Gasteiger partial charge is 0.0570 e. The summed E-state index contributed by atoms with van der Waals surface area (Å²) in [6.45, 7) is 3.13. The predicted octanol–water partition coefficient (Wildman–Crippen LogP) is 1.11. The molecule has 0 aliphatic rings. The quantitative estimate of drug-likeness (QED) is 0.667. The van der Waals surface area contributed by atoms with Crippen molar-refractivity contribution in [3.05, 3.63) is 30.1 Å². The Morgan fingerprint density at radius 2 is 2.38 bits per heavy atom. The molecule has 3 nitrogen and oxygen atoms in total. The normalized spacial score (nSPS) is 12.8. The highest BCUT2D eigenvalue weighted by atomic mass is 16.3. The summed E-state index contributed by atoms with van der Waals surface area (Å²) in [7, 11) is 0. The van der Waals surface area contributed by atoms with Gasteiger partial charge in [0.25, 0.3) is 0 Å². The number of hydrogen-bond acceptors (Lipinski definition) is 3. The van der Waals surface area contributed by atoms with E-state index in [1.165, 1.54) is 0 Å². The zero-order valence-electron chi connectivity index (χ0n) is 7.90. The van der Waals surface area contributed by atoms with Crippen molar-refractivity contribution in [2.75, 3.05) is 13.2 Å². The van der Waals surface area contributed by atoms with Crippen LogP contribution in [0.15, 0.2) is 24.4 Å². The summed E-state index contributed by atoms with van der Waals surface area (Å²) in [5.41, 5.74) is 1.04. The Kier molecular flexibility index (Phi) is 4.43. The van der Waals surface area contributed by atoms with E-state index in [1.807, 2.05) is 18.2 Å². The van der Waals surface area contributed by atoms with Crippen LogP contribution in [-0.2, 0) is 0 Å². The van der Waals surface area contributed by atoms with E-state index in [1.54, 1.807) is 6.20 Å². The molecule has 1 rings (SSSR count). The van der Waals surface area contributed by atoms with Crippen molar-refractivity contribution in [3.8, 4) is 0 Å². The van der Waals surface area contributed by atoms with Gasteiger partial charge in [0.2, 0.25) is 0 Å². The SMILES string of the molecule is CC(NCCCO)c1ccccn1. The number of aliphatic hydroxyl groups excluding tert-OH is 1. The number of pyridine rings is 1. The highest BCUT2D eigenvalue weighted by Gasteiger charge is 2.03. The first kappa shape index (κ1) is 10.2. The maximum Gasteiger partial charge on any atom is 0.0570 e. The third kappa shape index (κ3) is 3.53. The molecule has 13 heavy (non-hydrogen) atoms. The number of hydrogen-bond donors (Lipinski definition) is 2. The highest BCUT2D eigenvalue weighted by Crippen LogP contribution is 2.06. The van der Waals surface area contributed by atoms with Crippen molar-refractivity contribution in [1.29, 1.82) is 0 Å². The zero-order chi connectivity index (χ0) is 9.52. The third-order valence-corrected chi connectivity index (χ3v) is 1.92. The van der Waals surface area contributed by atoms with E-state index in [-0.39, 0.29) is 12.6 Å². The molecule has 3 heteroatoms. The van der Waals surface area contributed by atoms with Gasteiger partial charge in [-0.25, -0.2) is 0 Å². The molecule has 1 unspecified atom stereocenters. The first-order valence-corrected chi connectivity index (χ1v) is 4.59. The van der Waals surface area contributed by atoms with Gasteiger partial charge in [-0.05, 0) is 32.0 Å². The fraction of sp³-hybridized carbons (Fsp3) is 0.500. The fourth-order valence-corrected chi connectivity index (χ4v) is 1.13. The van der Waals surface area contributed by atoms with Gasteiger partial charge in [-0.1, -0.05) is 6.07 Å². The maximum absolute atomic E-state index is 8.59.